The van der Waals surface area contributed by atoms with Gasteiger partial charge in [-0.15, -0.1) is 0 Å². The molecular formula is C19H16N4O2. The predicted octanol–water partition coefficient (Wildman–Crippen LogP) is 3.20. The van der Waals surface area contributed by atoms with Crippen LogP contribution in [0.3, 0.4) is 0 Å². The van der Waals surface area contributed by atoms with Crippen molar-refractivity contribution < 1.29 is 9.21 Å². The predicted molar refractivity (Wildman–Crippen MR) is 92.9 cm³/mol. The smallest absolute Gasteiger partial charge is 0.262 e. The van der Waals surface area contributed by atoms with Crippen molar-refractivity contribution in [2.24, 2.45) is 0 Å². The standard InChI is InChI=1S/C19H16N4O2/c1-13-4-6-14(7-5-13)18-16(11-22-23-18)9-15(10-20)19(24)21-12-17-3-2-8-25-17/h2-9,11H,12H2,1H3,(H,21,24)(H,22,23)/b15-9-. The Morgan fingerprint density at radius 3 is 2.84 bits per heavy atom. The van der Waals surface area contributed by atoms with E-state index < -0.39 is 5.91 Å². The first-order valence-corrected chi connectivity index (χ1v) is 7.70. The van der Waals surface area contributed by atoms with Gasteiger partial charge < -0.3 is 9.73 Å². The largest absolute Gasteiger partial charge is 0.467 e. The molecule has 0 radical (unpaired) electrons. The van der Waals surface area contributed by atoms with E-state index in [4.69, 9.17) is 4.42 Å². The number of carbonyl (C=O) groups excluding carboxylic acids is 1. The van der Waals surface area contributed by atoms with Gasteiger partial charge in [0, 0.05) is 11.1 Å². The van der Waals surface area contributed by atoms with Crippen LogP contribution in [0.2, 0.25) is 0 Å². The summed E-state index contributed by atoms with van der Waals surface area (Å²) in [7, 11) is 0. The average molecular weight is 332 g/mol. The third-order valence-corrected chi connectivity index (χ3v) is 3.68. The zero-order valence-electron chi connectivity index (χ0n) is 13.6. The molecule has 0 saturated heterocycles. The minimum Gasteiger partial charge on any atom is -0.467 e. The van der Waals surface area contributed by atoms with Crippen LogP contribution in [0.5, 0.6) is 0 Å². The summed E-state index contributed by atoms with van der Waals surface area (Å²) in [4.78, 5) is 12.2. The lowest BCUT2D eigenvalue weighted by Crippen LogP contribution is -2.23. The van der Waals surface area contributed by atoms with E-state index >= 15 is 0 Å². The fraction of sp³-hybridized carbons (Fsp3) is 0.105. The Kier molecular flexibility index (Phi) is 4.77. The van der Waals surface area contributed by atoms with Crippen LogP contribution in [0.1, 0.15) is 16.9 Å². The van der Waals surface area contributed by atoms with Gasteiger partial charge in [-0.2, -0.15) is 10.4 Å². The second-order valence-corrected chi connectivity index (χ2v) is 5.50. The summed E-state index contributed by atoms with van der Waals surface area (Å²) in [6.07, 6.45) is 4.64. The molecule has 0 bridgehead atoms. The van der Waals surface area contributed by atoms with Crippen molar-refractivity contribution in [3.8, 4) is 17.3 Å². The second-order valence-electron chi connectivity index (χ2n) is 5.50. The lowest BCUT2D eigenvalue weighted by molar-refractivity contribution is -0.117. The highest BCUT2D eigenvalue weighted by atomic mass is 16.3. The van der Waals surface area contributed by atoms with Crippen molar-refractivity contribution in [1.82, 2.24) is 15.5 Å². The van der Waals surface area contributed by atoms with Gasteiger partial charge in [-0.05, 0) is 25.1 Å². The van der Waals surface area contributed by atoms with Gasteiger partial charge >= 0.3 is 0 Å². The van der Waals surface area contributed by atoms with Crippen molar-refractivity contribution in [3.63, 3.8) is 0 Å². The van der Waals surface area contributed by atoms with Crippen LogP contribution in [-0.4, -0.2) is 16.1 Å². The molecule has 1 amide bonds. The molecule has 1 aromatic carbocycles. The summed E-state index contributed by atoms with van der Waals surface area (Å²) >= 11 is 0. The number of hydrogen-bond donors (Lipinski definition) is 2. The number of benzene rings is 1. The molecule has 0 saturated carbocycles. The van der Waals surface area contributed by atoms with E-state index in [9.17, 15) is 10.1 Å². The summed E-state index contributed by atoms with van der Waals surface area (Å²) in [5.41, 5.74) is 3.51. The van der Waals surface area contributed by atoms with Crippen molar-refractivity contribution in [2.75, 3.05) is 0 Å². The van der Waals surface area contributed by atoms with E-state index in [1.165, 1.54) is 12.3 Å². The van der Waals surface area contributed by atoms with E-state index in [0.29, 0.717) is 11.3 Å². The van der Waals surface area contributed by atoms with Gasteiger partial charge in [0.1, 0.15) is 17.4 Å². The number of H-pyrrole nitrogens is 1. The molecule has 124 valence electrons. The summed E-state index contributed by atoms with van der Waals surface area (Å²) in [6.45, 7) is 2.23. The number of hydrogen-bond acceptors (Lipinski definition) is 4. The molecule has 0 aliphatic carbocycles. The van der Waals surface area contributed by atoms with Crippen molar-refractivity contribution in [2.45, 2.75) is 13.5 Å². The monoisotopic (exact) mass is 332 g/mol. The third-order valence-electron chi connectivity index (χ3n) is 3.68. The molecule has 2 heterocycles. The number of aromatic nitrogens is 2. The molecule has 0 spiro atoms. The van der Waals surface area contributed by atoms with Gasteiger partial charge in [0.25, 0.3) is 5.91 Å². The van der Waals surface area contributed by atoms with Crippen molar-refractivity contribution >= 4 is 12.0 Å². The molecule has 0 unspecified atom stereocenters. The van der Waals surface area contributed by atoms with Gasteiger partial charge in [0.15, 0.2) is 0 Å². The molecule has 0 aliphatic heterocycles. The zero-order valence-corrected chi connectivity index (χ0v) is 13.6. The van der Waals surface area contributed by atoms with E-state index in [1.807, 2.05) is 37.3 Å². The molecule has 6 nitrogen and oxygen atoms in total. The van der Waals surface area contributed by atoms with Crippen LogP contribution in [0.25, 0.3) is 17.3 Å². The normalized spacial score (nSPS) is 11.1. The zero-order chi connectivity index (χ0) is 17.6. The highest BCUT2D eigenvalue weighted by molar-refractivity contribution is 6.02. The molecule has 0 fully saturated rings. The number of furan rings is 1. The quantitative estimate of drug-likeness (QED) is 0.554. The number of amides is 1. The molecule has 0 aliphatic rings. The summed E-state index contributed by atoms with van der Waals surface area (Å²) in [5.74, 6) is 0.157. The topological polar surface area (TPSA) is 94.7 Å². The number of aromatic amines is 1. The minimum atomic E-state index is -0.463. The number of nitriles is 1. The Morgan fingerprint density at radius 2 is 2.16 bits per heavy atom. The number of nitrogens with zero attached hydrogens (tertiary/aromatic N) is 2. The maximum atomic E-state index is 12.2. The number of rotatable bonds is 5. The molecule has 0 atom stereocenters. The molecule has 2 N–H and O–H groups in total. The lowest BCUT2D eigenvalue weighted by atomic mass is 10.0. The maximum absolute atomic E-state index is 12.2. The highest BCUT2D eigenvalue weighted by Gasteiger charge is 2.12. The summed E-state index contributed by atoms with van der Waals surface area (Å²) < 4.78 is 5.16. The molecule has 3 aromatic rings. The van der Waals surface area contributed by atoms with Crippen LogP contribution >= 0.6 is 0 Å². The van der Waals surface area contributed by atoms with Gasteiger partial charge in [-0.3, -0.25) is 9.89 Å². The number of aryl methyl sites for hydroxylation is 1. The SMILES string of the molecule is Cc1ccc(-c2[nH]ncc2/C=C(/C#N)C(=O)NCc2ccco2)cc1. The third kappa shape index (κ3) is 3.85. The first kappa shape index (κ1) is 16.3. The molecule has 2 aromatic heterocycles. The van der Waals surface area contributed by atoms with Gasteiger partial charge in [0.05, 0.1) is 24.7 Å². The van der Waals surface area contributed by atoms with Crippen molar-refractivity contribution in [3.05, 3.63) is 71.3 Å². The molecule has 3 rings (SSSR count). The van der Waals surface area contributed by atoms with Crippen LogP contribution < -0.4 is 5.32 Å². The van der Waals surface area contributed by atoms with Gasteiger partial charge in [0.2, 0.25) is 0 Å². The van der Waals surface area contributed by atoms with Crippen LogP contribution in [0.4, 0.5) is 0 Å². The Labute approximate surface area is 144 Å². The summed E-state index contributed by atoms with van der Waals surface area (Å²) in [5, 5.41) is 18.9. The van der Waals surface area contributed by atoms with E-state index in [1.54, 1.807) is 18.3 Å². The molecule has 25 heavy (non-hydrogen) atoms. The Morgan fingerprint density at radius 1 is 1.36 bits per heavy atom. The van der Waals surface area contributed by atoms with Crippen LogP contribution in [0, 0.1) is 18.3 Å². The number of nitrogens with one attached hydrogen (secondary N) is 2. The fourth-order valence-corrected chi connectivity index (χ4v) is 2.34. The molecule has 6 heteroatoms. The second kappa shape index (κ2) is 7.32. The Bertz CT molecular complexity index is 929. The van der Waals surface area contributed by atoms with Gasteiger partial charge in [-0.1, -0.05) is 29.8 Å². The van der Waals surface area contributed by atoms with Crippen molar-refractivity contribution in [1.29, 1.82) is 5.26 Å². The Balaban J connectivity index is 1.81. The maximum Gasteiger partial charge on any atom is 0.262 e. The van der Waals surface area contributed by atoms with Crippen LogP contribution in [-0.2, 0) is 11.3 Å². The fourth-order valence-electron chi connectivity index (χ4n) is 2.34. The van der Waals surface area contributed by atoms with E-state index in [2.05, 4.69) is 15.5 Å². The summed E-state index contributed by atoms with van der Waals surface area (Å²) in [6, 6.07) is 13.3. The first-order valence-electron chi connectivity index (χ1n) is 7.70. The lowest BCUT2D eigenvalue weighted by Gasteiger charge is -2.03. The average Bonchev–Trinajstić information content (AvgIpc) is 3.30. The van der Waals surface area contributed by atoms with Gasteiger partial charge in [-0.25, -0.2) is 0 Å². The first-order chi connectivity index (χ1) is 12.2. The van der Waals surface area contributed by atoms with E-state index in [-0.39, 0.29) is 12.1 Å². The minimum absolute atomic E-state index is 0.00122. The molecular weight excluding hydrogens is 316 g/mol. The Hall–Kier alpha value is -3.59. The van der Waals surface area contributed by atoms with E-state index in [0.717, 1.165) is 16.8 Å². The highest BCUT2D eigenvalue weighted by Crippen LogP contribution is 2.23. The van der Waals surface area contributed by atoms with Crippen LogP contribution in [0.15, 0.2) is 58.8 Å². The number of carbonyl (C=O) groups is 1.